The number of ether oxygens (including phenoxy) is 2. The van der Waals surface area contributed by atoms with Gasteiger partial charge in [0.15, 0.2) is 11.5 Å². The summed E-state index contributed by atoms with van der Waals surface area (Å²) in [6, 6.07) is 6.10. The van der Waals surface area contributed by atoms with Crippen LogP contribution in [-0.2, 0) is 0 Å². The third kappa shape index (κ3) is 1.71. The molecule has 0 N–H and O–H groups in total. The van der Waals surface area contributed by atoms with Gasteiger partial charge < -0.3 is 9.47 Å². The average molecular weight is 229 g/mol. The Hall–Kier alpha value is -1.77. The molecule has 0 saturated heterocycles. The van der Waals surface area contributed by atoms with E-state index in [1.165, 1.54) is 23.8 Å². The lowest BCUT2D eigenvalue weighted by atomic mass is 10.0. The lowest BCUT2D eigenvalue weighted by Gasteiger charge is -2.11. The number of nitrogens with zero attached hydrogens (tertiary/aromatic N) is 1. The Bertz CT molecular complexity index is 561. The summed E-state index contributed by atoms with van der Waals surface area (Å²) in [6.07, 6.45) is 4.45. The second kappa shape index (κ2) is 3.91. The zero-order chi connectivity index (χ0) is 11.8. The topological polar surface area (TPSA) is 31.4 Å². The van der Waals surface area contributed by atoms with Gasteiger partial charge in [-0.05, 0) is 36.5 Å². The van der Waals surface area contributed by atoms with Gasteiger partial charge in [0.2, 0.25) is 0 Å². The van der Waals surface area contributed by atoms with Crippen molar-refractivity contribution >= 4 is 10.9 Å². The fraction of sp³-hybridized carbons (Fsp3) is 0.357. The Labute approximate surface area is 100 Å². The standard InChI is InChI=1S/C14H15NO2/c1-16-13-7-11-10(9-3-4-9)5-6-15-12(11)8-14(13)17-2/h5-9H,3-4H2,1-2H3. The quantitative estimate of drug-likeness (QED) is 0.810. The summed E-state index contributed by atoms with van der Waals surface area (Å²) in [5.41, 5.74) is 2.36. The predicted molar refractivity (Wildman–Crippen MR) is 66.8 cm³/mol. The van der Waals surface area contributed by atoms with Crippen LogP contribution in [0, 0.1) is 0 Å². The minimum Gasteiger partial charge on any atom is -0.493 e. The number of methoxy groups -OCH3 is 2. The Morgan fingerprint density at radius 3 is 2.47 bits per heavy atom. The molecule has 1 aliphatic carbocycles. The second-order valence-electron chi connectivity index (χ2n) is 4.40. The summed E-state index contributed by atoms with van der Waals surface area (Å²) in [6.45, 7) is 0. The first kappa shape index (κ1) is 10.4. The van der Waals surface area contributed by atoms with Crippen molar-refractivity contribution in [1.82, 2.24) is 4.98 Å². The molecule has 3 heteroatoms. The Morgan fingerprint density at radius 2 is 1.82 bits per heavy atom. The van der Waals surface area contributed by atoms with E-state index in [9.17, 15) is 0 Å². The van der Waals surface area contributed by atoms with Gasteiger partial charge in [-0.15, -0.1) is 0 Å². The third-order valence-electron chi connectivity index (χ3n) is 3.30. The molecule has 1 aromatic heterocycles. The second-order valence-corrected chi connectivity index (χ2v) is 4.40. The van der Waals surface area contributed by atoms with Crippen LogP contribution in [0.5, 0.6) is 11.5 Å². The maximum absolute atomic E-state index is 5.35. The molecule has 0 unspecified atom stereocenters. The van der Waals surface area contributed by atoms with E-state index in [1.807, 2.05) is 18.3 Å². The summed E-state index contributed by atoms with van der Waals surface area (Å²) in [5, 5.41) is 1.19. The van der Waals surface area contributed by atoms with Crippen molar-refractivity contribution in [2.24, 2.45) is 0 Å². The lowest BCUT2D eigenvalue weighted by molar-refractivity contribution is 0.356. The summed E-state index contributed by atoms with van der Waals surface area (Å²) in [7, 11) is 3.31. The van der Waals surface area contributed by atoms with Crippen molar-refractivity contribution in [3.8, 4) is 11.5 Å². The highest BCUT2D eigenvalue weighted by Gasteiger charge is 2.25. The number of hydrogen-bond acceptors (Lipinski definition) is 3. The molecule has 3 rings (SSSR count). The van der Waals surface area contributed by atoms with Crippen molar-refractivity contribution in [1.29, 1.82) is 0 Å². The van der Waals surface area contributed by atoms with Crippen LogP contribution in [-0.4, -0.2) is 19.2 Å². The maximum atomic E-state index is 5.35. The third-order valence-corrected chi connectivity index (χ3v) is 3.30. The molecular weight excluding hydrogens is 214 g/mol. The van der Waals surface area contributed by atoms with Crippen LogP contribution in [0.1, 0.15) is 24.3 Å². The van der Waals surface area contributed by atoms with E-state index in [4.69, 9.17) is 9.47 Å². The first-order valence-electron chi connectivity index (χ1n) is 5.84. The largest absolute Gasteiger partial charge is 0.493 e. The zero-order valence-corrected chi connectivity index (χ0v) is 10.1. The lowest BCUT2D eigenvalue weighted by Crippen LogP contribution is -1.93. The highest BCUT2D eigenvalue weighted by atomic mass is 16.5. The normalized spacial score (nSPS) is 14.9. The molecule has 17 heavy (non-hydrogen) atoms. The maximum Gasteiger partial charge on any atom is 0.162 e. The highest BCUT2D eigenvalue weighted by molar-refractivity contribution is 5.86. The van der Waals surface area contributed by atoms with E-state index >= 15 is 0 Å². The summed E-state index contributed by atoms with van der Waals surface area (Å²) < 4.78 is 10.6. The molecule has 0 spiro atoms. The monoisotopic (exact) mass is 229 g/mol. The number of fused-ring (bicyclic) bond motifs is 1. The fourth-order valence-electron chi connectivity index (χ4n) is 2.24. The van der Waals surface area contributed by atoms with Gasteiger partial charge in [-0.25, -0.2) is 0 Å². The van der Waals surface area contributed by atoms with Crippen LogP contribution in [0.4, 0.5) is 0 Å². The van der Waals surface area contributed by atoms with Crippen molar-refractivity contribution in [2.45, 2.75) is 18.8 Å². The smallest absolute Gasteiger partial charge is 0.162 e. The zero-order valence-electron chi connectivity index (χ0n) is 10.1. The van der Waals surface area contributed by atoms with Gasteiger partial charge in [-0.3, -0.25) is 4.98 Å². The summed E-state index contributed by atoms with van der Waals surface area (Å²) >= 11 is 0. The first-order chi connectivity index (χ1) is 8.33. The predicted octanol–water partition coefficient (Wildman–Crippen LogP) is 3.13. The molecule has 1 fully saturated rings. The SMILES string of the molecule is COc1cc2nccc(C3CC3)c2cc1OC. The van der Waals surface area contributed by atoms with Gasteiger partial charge in [0, 0.05) is 17.6 Å². The van der Waals surface area contributed by atoms with E-state index in [-0.39, 0.29) is 0 Å². The molecule has 0 atom stereocenters. The van der Waals surface area contributed by atoms with Gasteiger partial charge in [0.1, 0.15) is 0 Å². The number of rotatable bonds is 3. The molecule has 1 aliphatic rings. The van der Waals surface area contributed by atoms with Crippen LogP contribution in [0.3, 0.4) is 0 Å². The summed E-state index contributed by atoms with van der Waals surface area (Å²) in [4.78, 5) is 4.40. The first-order valence-corrected chi connectivity index (χ1v) is 5.84. The molecule has 0 bridgehead atoms. The molecule has 1 saturated carbocycles. The molecule has 1 aromatic carbocycles. The van der Waals surface area contributed by atoms with Crippen LogP contribution in [0.15, 0.2) is 24.4 Å². The fourth-order valence-corrected chi connectivity index (χ4v) is 2.24. The molecule has 0 radical (unpaired) electrons. The van der Waals surface area contributed by atoms with E-state index in [0.29, 0.717) is 5.92 Å². The Morgan fingerprint density at radius 1 is 1.12 bits per heavy atom. The molecule has 1 heterocycles. The van der Waals surface area contributed by atoms with E-state index < -0.39 is 0 Å². The molecule has 88 valence electrons. The minimum absolute atomic E-state index is 0.707. The van der Waals surface area contributed by atoms with Crippen LogP contribution in [0.25, 0.3) is 10.9 Å². The van der Waals surface area contributed by atoms with Crippen molar-refractivity contribution in [3.05, 3.63) is 30.0 Å². The van der Waals surface area contributed by atoms with Gasteiger partial charge >= 0.3 is 0 Å². The highest BCUT2D eigenvalue weighted by Crippen LogP contribution is 2.44. The van der Waals surface area contributed by atoms with Gasteiger partial charge in [-0.2, -0.15) is 0 Å². The summed E-state index contributed by atoms with van der Waals surface area (Å²) in [5.74, 6) is 2.22. The minimum atomic E-state index is 0.707. The van der Waals surface area contributed by atoms with Crippen LogP contribution in [0.2, 0.25) is 0 Å². The van der Waals surface area contributed by atoms with Gasteiger partial charge in [-0.1, -0.05) is 0 Å². The molecule has 2 aromatic rings. The van der Waals surface area contributed by atoms with E-state index in [0.717, 1.165) is 17.0 Å². The molecule has 3 nitrogen and oxygen atoms in total. The van der Waals surface area contributed by atoms with Crippen molar-refractivity contribution in [2.75, 3.05) is 14.2 Å². The number of hydrogen-bond donors (Lipinski definition) is 0. The van der Waals surface area contributed by atoms with Crippen molar-refractivity contribution < 1.29 is 9.47 Å². The molecule has 0 aliphatic heterocycles. The Kier molecular flexibility index (Phi) is 2.39. The van der Waals surface area contributed by atoms with Crippen LogP contribution >= 0.6 is 0 Å². The average Bonchev–Trinajstić information content (AvgIpc) is 3.20. The number of pyridine rings is 1. The molecule has 0 amide bonds. The Balaban J connectivity index is 2.25. The van der Waals surface area contributed by atoms with Gasteiger partial charge in [0.25, 0.3) is 0 Å². The van der Waals surface area contributed by atoms with E-state index in [2.05, 4.69) is 11.1 Å². The number of aromatic nitrogens is 1. The number of benzene rings is 1. The van der Waals surface area contributed by atoms with Crippen LogP contribution < -0.4 is 9.47 Å². The van der Waals surface area contributed by atoms with Crippen molar-refractivity contribution in [3.63, 3.8) is 0 Å². The van der Waals surface area contributed by atoms with E-state index in [1.54, 1.807) is 14.2 Å². The van der Waals surface area contributed by atoms with Gasteiger partial charge in [0.05, 0.1) is 19.7 Å². The molecular formula is C14H15NO2.